The van der Waals surface area contributed by atoms with Crippen molar-refractivity contribution in [3.63, 3.8) is 0 Å². The molecule has 4 atom stereocenters. The van der Waals surface area contributed by atoms with Gasteiger partial charge in [0.1, 0.15) is 18.8 Å². The standard InChI is InChI=1S/C23H33NO5/c1-16-18-9-8-17(15-27-19(25)10-14-24-12-4-3-5-13-24)7-6-11-23(2)21(29-23)20(18)28-22(16)26/h7,18,20-21H,1,3-6,8-15H2,2H3/b17-7+/t18-,20-,21-,23+/m0/s1. The quantitative estimate of drug-likeness (QED) is 0.304. The smallest absolute Gasteiger partial charge is 0.334 e. The van der Waals surface area contributed by atoms with Crippen molar-refractivity contribution in [1.82, 2.24) is 4.90 Å². The molecule has 0 saturated carbocycles. The van der Waals surface area contributed by atoms with Gasteiger partial charge in [0.15, 0.2) is 0 Å². The molecule has 6 nitrogen and oxygen atoms in total. The number of epoxide rings is 1. The second-order valence-electron chi connectivity index (χ2n) is 9.11. The average molecular weight is 404 g/mol. The highest BCUT2D eigenvalue weighted by Crippen LogP contribution is 2.49. The van der Waals surface area contributed by atoms with Crippen LogP contribution < -0.4 is 0 Å². The van der Waals surface area contributed by atoms with Crippen molar-refractivity contribution in [3.8, 4) is 0 Å². The first kappa shape index (κ1) is 20.6. The number of hydrogen-bond acceptors (Lipinski definition) is 6. The molecule has 0 bridgehead atoms. The molecule has 6 heteroatoms. The van der Waals surface area contributed by atoms with Gasteiger partial charge in [-0.15, -0.1) is 0 Å². The number of fused-ring (bicyclic) bond motifs is 3. The fourth-order valence-corrected chi connectivity index (χ4v) is 4.93. The second-order valence-corrected chi connectivity index (χ2v) is 9.11. The van der Waals surface area contributed by atoms with Gasteiger partial charge >= 0.3 is 11.9 Å². The van der Waals surface area contributed by atoms with Gasteiger partial charge < -0.3 is 19.1 Å². The first-order chi connectivity index (χ1) is 14.0. The van der Waals surface area contributed by atoms with Crippen molar-refractivity contribution in [2.45, 2.75) is 76.1 Å². The van der Waals surface area contributed by atoms with E-state index in [0.717, 1.165) is 50.9 Å². The van der Waals surface area contributed by atoms with E-state index in [9.17, 15) is 9.59 Å². The molecule has 0 spiro atoms. The molecule has 0 unspecified atom stereocenters. The number of carbonyl (C=O) groups excluding carboxylic acids is 2. The molecular weight excluding hydrogens is 370 g/mol. The molecule has 0 aromatic carbocycles. The predicted octanol–water partition coefficient (Wildman–Crippen LogP) is 3.16. The van der Waals surface area contributed by atoms with Crippen LogP contribution in [0.25, 0.3) is 0 Å². The van der Waals surface area contributed by atoms with Crippen LogP contribution in [-0.4, -0.2) is 60.9 Å². The Kier molecular flexibility index (Phi) is 6.11. The van der Waals surface area contributed by atoms with E-state index in [-0.39, 0.29) is 35.7 Å². The Hall–Kier alpha value is -1.66. The number of allylic oxidation sites excluding steroid dienone is 1. The maximum Gasteiger partial charge on any atom is 0.334 e. The molecule has 0 radical (unpaired) electrons. The number of carbonyl (C=O) groups is 2. The highest BCUT2D eigenvalue weighted by atomic mass is 16.6. The van der Waals surface area contributed by atoms with Crippen molar-refractivity contribution >= 4 is 11.9 Å². The summed E-state index contributed by atoms with van der Waals surface area (Å²) in [5.74, 6) is -0.454. The number of esters is 2. The van der Waals surface area contributed by atoms with Crippen molar-refractivity contribution < 1.29 is 23.8 Å². The van der Waals surface area contributed by atoms with Crippen LogP contribution in [0, 0.1) is 5.92 Å². The van der Waals surface area contributed by atoms with Gasteiger partial charge in [-0.3, -0.25) is 4.79 Å². The summed E-state index contributed by atoms with van der Waals surface area (Å²) >= 11 is 0. The summed E-state index contributed by atoms with van der Waals surface area (Å²) in [6, 6.07) is 0. The number of rotatable bonds is 5. The molecule has 29 heavy (non-hydrogen) atoms. The van der Waals surface area contributed by atoms with Gasteiger partial charge in [-0.1, -0.05) is 19.1 Å². The normalized spacial score (nSPS) is 37.0. The number of ether oxygens (including phenoxy) is 3. The first-order valence-corrected chi connectivity index (χ1v) is 11.1. The highest BCUT2D eigenvalue weighted by Gasteiger charge is 2.61. The van der Waals surface area contributed by atoms with E-state index >= 15 is 0 Å². The highest BCUT2D eigenvalue weighted by molar-refractivity contribution is 5.91. The molecule has 3 heterocycles. The molecule has 0 aromatic heterocycles. The van der Waals surface area contributed by atoms with Crippen LogP contribution in [0.5, 0.6) is 0 Å². The molecular formula is C23H33NO5. The molecule has 0 amide bonds. The minimum absolute atomic E-state index is 0.0226. The molecule has 0 N–H and O–H groups in total. The largest absolute Gasteiger partial charge is 0.461 e. The number of nitrogens with zero attached hydrogens (tertiary/aromatic N) is 1. The van der Waals surface area contributed by atoms with Crippen molar-refractivity contribution in [2.24, 2.45) is 5.92 Å². The third-order valence-electron chi connectivity index (χ3n) is 6.94. The van der Waals surface area contributed by atoms with Crippen LogP contribution in [0.4, 0.5) is 0 Å². The van der Waals surface area contributed by atoms with Gasteiger partial charge in [0.05, 0.1) is 12.0 Å². The Labute approximate surface area is 173 Å². The predicted molar refractivity (Wildman–Crippen MR) is 108 cm³/mol. The lowest BCUT2D eigenvalue weighted by Gasteiger charge is -2.25. The van der Waals surface area contributed by atoms with Crippen LogP contribution in [0.3, 0.4) is 0 Å². The number of likely N-dealkylation sites (tertiary alicyclic amines) is 1. The first-order valence-electron chi connectivity index (χ1n) is 11.1. The zero-order chi connectivity index (χ0) is 20.4. The van der Waals surface area contributed by atoms with E-state index in [4.69, 9.17) is 14.2 Å². The fourth-order valence-electron chi connectivity index (χ4n) is 4.93. The Morgan fingerprint density at radius 2 is 2.14 bits per heavy atom. The fraction of sp³-hybridized carbons (Fsp3) is 0.739. The van der Waals surface area contributed by atoms with Crippen LogP contribution in [0.2, 0.25) is 0 Å². The van der Waals surface area contributed by atoms with E-state index in [2.05, 4.69) is 24.5 Å². The Morgan fingerprint density at radius 1 is 1.34 bits per heavy atom. The molecule has 0 aromatic rings. The number of hydrogen-bond donors (Lipinski definition) is 0. The van der Waals surface area contributed by atoms with E-state index in [1.165, 1.54) is 19.3 Å². The van der Waals surface area contributed by atoms with Gasteiger partial charge in [-0.2, -0.15) is 0 Å². The van der Waals surface area contributed by atoms with Crippen LogP contribution >= 0.6 is 0 Å². The van der Waals surface area contributed by atoms with Gasteiger partial charge in [0.25, 0.3) is 0 Å². The second kappa shape index (κ2) is 8.60. The van der Waals surface area contributed by atoms with Crippen molar-refractivity contribution in [2.75, 3.05) is 26.2 Å². The summed E-state index contributed by atoms with van der Waals surface area (Å²) in [6.45, 7) is 9.34. The molecule has 1 aliphatic carbocycles. The zero-order valence-electron chi connectivity index (χ0n) is 17.5. The average Bonchev–Trinajstić information content (AvgIpc) is 3.31. The van der Waals surface area contributed by atoms with E-state index in [1.54, 1.807) is 0 Å². The van der Waals surface area contributed by atoms with Gasteiger partial charge in [0.2, 0.25) is 0 Å². The maximum atomic E-state index is 12.2. The van der Waals surface area contributed by atoms with Crippen molar-refractivity contribution in [3.05, 3.63) is 23.8 Å². The van der Waals surface area contributed by atoms with Gasteiger partial charge in [-0.25, -0.2) is 4.79 Å². The minimum atomic E-state index is -0.299. The van der Waals surface area contributed by atoms with Crippen LogP contribution in [0.1, 0.15) is 58.3 Å². The summed E-state index contributed by atoms with van der Waals surface area (Å²) in [7, 11) is 0. The Bertz CT molecular complexity index is 695. The lowest BCUT2D eigenvalue weighted by Crippen LogP contribution is -2.32. The molecule has 3 saturated heterocycles. The zero-order valence-corrected chi connectivity index (χ0v) is 17.5. The van der Waals surface area contributed by atoms with E-state index in [1.807, 2.05) is 0 Å². The van der Waals surface area contributed by atoms with Gasteiger partial charge in [-0.05, 0) is 64.1 Å². The monoisotopic (exact) mass is 403 g/mol. The number of piperidine rings is 1. The maximum absolute atomic E-state index is 12.2. The summed E-state index contributed by atoms with van der Waals surface area (Å²) in [5.41, 5.74) is 1.42. The van der Waals surface area contributed by atoms with E-state index < -0.39 is 0 Å². The minimum Gasteiger partial charge on any atom is -0.461 e. The summed E-state index contributed by atoms with van der Waals surface area (Å²) < 4.78 is 17.1. The summed E-state index contributed by atoms with van der Waals surface area (Å²) in [5, 5.41) is 0. The van der Waals surface area contributed by atoms with Crippen LogP contribution in [-0.2, 0) is 23.8 Å². The molecule has 4 aliphatic rings. The van der Waals surface area contributed by atoms with Crippen molar-refractivity contribution in [1.29, 1.82) is 0 Å². The summed E-state index contributed by atoms with van der Waals surface area (Å²) in [4.78, 5) is 26.6. The molecule has 4 rings (SSSR count). The molecule has 3 fully saturated rings. The lowest BCUT2D eigenvalue weighted by atomic mass is 9.84. The Morgan fingerprint density at radius 3 is 2.93 bits per heavy atom. The Balaban J connectivity index is 1.30. The third-order valence-corrected chi connectivity index (χ3v) is 6.94. The topological polar surface area (TPSA) is 68.4 Å². The summed E-state index contributed by atoms with van der Waals surface area (Å²) in [6.07, 6.45) is 9.41. The van der Waals surface area contributed by atoms with Gasteiger partial charge in [0, 0.05) is 18.0 Å². The third kappa shape index (κ3) is 4.75. The molecule has 160 valence electrons. The lowest BCUT2D eigenvalue weighted by molar-refractivity contribution is -0.143. The van der Waals surface area contributed by atoms with E-state index in [0.29, 0.717) is 18.6 Å². The molecule has 3 aliphatic heterocycles. The van der Waals surface area contributed by atoms with Crippen LogP contribution in [0.15, 0.2) is 23.8 Å². The SMILES string of the molecule is C=C1C(=O)O[C@H]2[C@H]1CC/C(COC(=O)CCN1CCCCC1)=C\CC[C@@]1(C)O[C@@H]21.